The fraction of sp³-hybridized carbons (Fsp3) is 0.348. The molecule has 0 aliphatic carbocycles. The van der Waals surface area contributed by atoms with Crippen LogP contribution < -0.4 is 5.32 Å². The monoisotopic (exact) mass is 407 g/mol. The number of benzene rings is 2. The molecule has 7 heteroatoms. The van der Waals surface area contributed by atoms with Crippen molar-refractivity contribution in [2.45, 2.75) is 38.3 Å². The largest absolute Gasteiger partial charge is 0.339 e. The highest BCUT2D eigenvalue weighted by atomic mass is 19.1. The number of hydrogen-bond acceptors (Lipinski definition) is 4. The number of likely N-dealkylation sites (tertiary alicyclic amines) is 1. The van der Waals surface area contributed by atoms with Crippen molar-refractivity contribution in [2.75, 3.05) is 13.1 Å². The van der Waals surface area contributed by atoms with Crippen LogP contribution in [0.25, 0.3) is 11.4 Å². The minimum Gasteiger partial charge on any atom is -0.339 e. The molecule has 3 aromatic rings. The van der Waals surface area contributed by atoms with Crippen LogP contribution in [-0.4, -0.2) is 45.1 Å². The molecule has 30 heavy (non-hydrogen) atoms. The Kier molecular flexibility index (Phi) is 6.49. The first-order chi connectivity index (χ1) is 14.7. The van der Waals surface area contributed by atoms with E-state index in [2.05, 4.69) is 20.5 Å². The van der Waals surface area contributed by atoms with Gasteiger partial charge in [0, 0.05) is 43.1 Å². The van der Waals surface area contributed by atoms with Crippen molar-refractivity contribution in [3.63, 3.8) is 0 Å². The van der Waals surface area contributed by atoms with E-state index in [0.29, 0.717) is 37.3 Å². The Labute approximate surface area is 175 Å². The Bertz CT molecular complexity index is 974. The minimum atomic E-state index is -0.190. The number of nitrogens with zero attached hydrogens (tertiary/aromatic N) is 3. The molecule has 0 radical (unpaired) electrons. The highest BCUT2D eigenvalue weighted by Gasteiger charge is 2.30. The molecule has 2 N–H and O–H groups in total. The Hall–Kier alpha value is -3.06. The molecule has 6 nitrogen and oxygen atoms in total. The lowest BCUT2D eigenvalue weighted by atomic mass is 10.1. The lowest BCUT2D eigenvalue weighted by Gasteiger charge is -2.24. The maximum atomic E-state index is 13.7. The van der Waals surface area contributed by atoms with Crippen LogP contribution in [-0.2, 0) is 17.8 Å². The topological polar surface area (TPSA) is 73.9 Å². The first-order valence-corrected chi connectivity index (χ1v) is 10.4. The van der Waals surface area contributed by atoms with Gasteiger partial charge in [-0.1, -0.05) is 48.5 Å². The molecular weight excluding hydrogens is 381 g/mol. The average Bonchev–Trinajstić information content (AvgIpc) is 3.38. The average molecular weight is 407 g/mol. The molecule has 1 amide bonds. The third-order valence-electron chi connectivity index (χ3n) is 5.53. The molecule has 1 atom stereocenters. The molecule has 0 spiro atoms. The highest BCUT2D eigenvalue weighted by molar-refractivity contribution is 5.78. The molecule has 1 fully saturated rings. The smallest absolute Gasteiger partial charge is 0.222 e. The Morgan fingerprint density at radius 2 is 1.93 bits per heavy atom. The van der Waals surface area contributed by atoms with Gasteiger partial charge in [-0.3, -0.25) is 9.89 Å². The molecule has 2 heterocycles. The molecular formula is C23H26FN5O. The summed E-state index contributed by atoms with van der Waals surface area (Å²) < 4.78 is 13.7. The number of halogens is 1. The summed E-state index contributed by atoms with van der Waals surface area (Å²) in [5, 5.41) is 10.6. The van der Waals surface area contributed by atoms with Gasteiger partial charge >= 0.3 is 0 Å². The zero-order chi connectivity index (χ0) is 20.8. The second kappa shape index (κ2) is 9.63. The fourth-order valence-electron chi connectivity index (χ4n) is 3.88. The predicted octanol–water partition coefficient (Wildman–Crippen LogP) is 3.32. The summed E-state index contributed by atoms with van der Waals surface area (Å²) in [5.74, 6) is 1.46. The lowest BCUT2D eigenvalue weighted by molar-refractivity contribution is -0.129. The maximum absolute atomic E-state index is 13.7. The van der Waals surface area contributed by atoms with Crippen molar-refractivity contribution in [3.8, 4) is 11.4 Å². The van der Waals surface area contributed by atoms with Crippen molar-refractivity contribution in [2.24, 2.45) is 0 Å². The Balaban J connectivity index is 1.26. The number of carbonyl (C=O) groups is 1. The summed E-state index contributed by atoms with van der Waals surface area (Å²) in [6.45, 7) is 1.86. The van der Waals surface area contributed by atoms with Crippen LogP contribution in [0, 0.1) is 5.82 Å². The number of nitrogens with one attached hydrogen (secondary N) is 2. The zero-order valence-corrected chi connectivity index (χ0v) is 16.9. The predicted molar refractivity (Wildman–Crippen MR) is 113 cm³/mol. The summed E-state index contributed by atoms with van der Waals surface area (Å²) in [6.07, 6.45) is 2.95. The number of amides is 1. The van der Waals surface area contributed by atoms with Crippen LogP contribution in [0.2, 0.25) is 0 Å². The van der Waals surface area contributed by atoms with Crippen LogP contribution in [0.3, 0.4) is 0 Å². The maximum Gasteiger partial charge on any atom is 0.222 e. The summed E-state index contributed by atoms with van der Waals surface area (Å²) in [7, 11) is 0. The minimum absolute atomic E-state index is 0.190. The molecule has 1 saturated heterocycles. The second-order valence-electron chi connectivity index (χ2n) is 7.56. The van der Waals surface area contributed by atoms with Crippen LogP contribution >= 0.6 is 0 Å². The van der Waals surface area contributed by atoms with Crippen molar-refractivity contribution in [1.29, 1.82) is 0 Å². The van der Waals surface area contributed by atoms with Crippen LogP contribution in [0.4, 0.5) is 4.39 Å². The number of hydrogen-bond donors (Lipinski definition) is 2. The van der Waals surface area contributed by atoms with E-state index in [1.807, 2.05) is 41.3 Å². The molecule has 0 saturated carbocycles. The van der Waals surface area contributed by atoms with Gasteiger partial charge in [-0.05, 0) is 25.5 Å². The molecule has 0 bridgehead atoms. The van der Waals surface area contributed by atoms with Gasteiger partial charge in [-0.2, -0.15) is 5.10 Å². The molecule has 2 aromatic carbocycles. The highest BCUT2D eigenvalue weighted by Crippen LogP contribution is 2.22. The van der Waals surface area contributed by atoms with Gasteiger partial charge in [0.1, 0.15) is 11.6 Å². The SMILES string of the molecule is O=C1CCC(CCNCc2ccccc2F)N1CCc1nc(-c2ccccc2)n[nH]1. The van der Waals surface area contributed by atoms with E-state index in [4.69, 9.17) is 0 Å². The normalized spacial score (nSPS) is 16.4. The van der Waals surface area contributed by atoms with E-state index in [0.717, 1.165) is 30.8 Å². The molecule has 1 unspecified atom stereocenters. The van der Waals surface area contributed by atoms with Gasteiger partial charge in [0.05, 0.1) is 0 Å². The summed E-state index contributed by atoms with van der Waals surface area (Å²) >= 11 is 0. The number of H-pyrrole nitrogens is 1. The van der Waals surface area contributed by atoms with E-state index in [1.165, 1.54) is 6.07 Å². The van der Waals surface area contributed by atoms with Crippen molar-refractivity contribution in [1.82, 2.24) is 25.4 Å². The Morgan fingerprint density at radius 1 is 1.13 bits per heavy atom. The van der Waals surface area contributed by atoms with E-state index in [9.17, 15) is 9.18 Å². The lowest BCUT2D eigenvalue weighted by Crippen LogP contribution is -2.36. The number of aromatic amines is 1. The van der Waals surface area contributed by atoms with Crippen LogP contribution in [0.15, 0.2) is 54.6 Å². The van der Waals surface area contributed by atoms with Gasteiger partial charge in [0.25, 0.3) is 0 Å². The van der Waals surface area contributed by atoms with E-state index in [-0.39, 0.29) is 17.8 Å². The molecule has 1 aromatic heterocycles. The van der Waals surface area contributed by atoms with Crippen molar-refractivity contribution < 1.29 is 9.18 Å². The standard InChI is InChI=1S/C23H26FN5O/c24-20-9-5-4-8-18(20)16-25-14-12-19-10-11-22(30)29(19)15-13-21-26-23(28-27-21)17-6-2-1-3-7-17/h1-9,19,25H,10-16H2,(H,26,27,28). The number of aromatic nitrogens is 3. The van der Waals surface area contributed by atoms with E-state index < -0.39 is 0 Å². The van der Waals surface area contributed by atoms with Crippen molar-refractivity contribution >= 4 is 5.91 Å². The van der Waals surface area contributed by atoms with E-state index in [1.54, 1.807) is 12.1 Å². The zero-order valence-electron chi connectivity index (χ0n) is 16.9. The van der Waals surface area contributed by atoms with Crippen LogP contribution in [0.5, 0.6) is 0 Å². The fourth-order valence-corrected chi connectivity index (χ4v) is 3.88. The van der Waals surface area contributed by atoms with Gasteiger partial charge in [0.15, 0.2) is 5.82 Å². The van der Waals surface area contributed by atoms with Crippen molar-refractivity contribution in [3.05, 3.63) is 71.8 Å². The molecule has 1 aliphatic heterocycles. The Morgan fingerprint density at radius 3 is 2.77 bits per heavy atom. The van der Waals surface area contributed by atoms with E-state index >= 15 is 0 Å². The van der Waals surface area contributed by atoms with Gasteiger partial charge in [-0.15, -0.1) is 0 Å². The first kappa shape index (κ1) is 20.2. The summed E-state index contributed by atoms with van der Waals surface area (Å²) in [4.78, 5) is 18.9. The van der Waals surface area contributed by atoms with Crippen LogP contribution in [0.1, 0.15) is 30.7 Å². The van der Waals surface area contributed by atoms with Gasteiger partial charge in [0.2, 0.25) is 5.91 Å². The number of rotatable bonds is 9. The molecule has 156 valence electrons. The first-order valence-electron chi connectivity index (χ1n) is 10.4. The molecule has 1 aliphatic rings. The third kappa shape index (κ3) is 4.91. The molecule has 4 rings (SSSR count). The van der Waals surface area contributed by atoms with Gasteiger partial charge in [-0.25, -0.2) is 9.37 Å². The number of carbonyl (C=O) groups excluding carboxylic acids is 1. The quantitative estimate of drug-likeness (QED) is 0.534. The third-order valence-corrected chi connectivity index (χ3v) is 5.53. The van der Waals surface area contributed by atoms with Gasteiger partial charge < -0.3 is 10.2 Å². The second-order valence-corrected chi connectivity index (χ2v) is 7.56. The summed E-state index contributed by atoms with van der Waals surface area (Å²) in [6, 6.07) is 16.8. The summed E-state index contributed by atoms with van der Waals surface area (Å²) in [5.41, 5.74) is 1.63.